The quantitative estimate of drug-likeness (QED) is 0.517. The topological polar surface area (TPSA) is 117 Å². The molecule has 0 atom stereocenters. The molecule has 0 saturated heterocycles. The Morgan fingerprint density at radius 1 is 1.05 bits per heavy atom. The van der Waals surface area contributed by atoms with Crippen molar-refractivity contribution >= 4 is 52.7 Å². The van der Waals surface area contributed by atoms with Crippen LogP contribution in [0.4, 0.5) is 4.79 Å². The molecule has 0 fully saturated rings. The monoisotopic (exact) mass is 321 g/mol. The van der Waals surface area contributed by atoms with Crippen LogP contribution in [-0.4, -0.2) is 79.1 Å². The van der Waals surface area contributed by atoms with E-state index < -0.39 is 15.0 Å². The van der Waals surface area contributed by atoms with E-state index in [-0.39, 0.29) is 37.7 Å². The van der Waals surface area contributed by atoms with Crippen molar-refractivity contribution < 1.29 is 28.3 Å². The summed E-state index contributed by atoms with van der Waals surface area (Å²) in [5, 5.41) is 16.7. The third-order valence-corrected chi connectivity index (χ3v) is 4.93. The summed E-state index contributed by atoms with van der Waals surface area (Å²) in [6, 6.07) is 0.818. The van der Waals surface area contributed by atoms with Gasteiger partial charge in [-0.1, -0.05) is 0 Å². The average Bonchev–Trinajstić information content (AvgIpc) is 2.27. The van der Waals surface area contributed by atoms with Crippen molar-refractivity contribution in [2.45, 2.75) is 33.2 Å². The zero-order valence-electron chi connectivity index (χ0n) is 12.0. The molecule has 0 spiro atoms. The Bertz CT molecular complexity index is 189. The van der Waals surface area contributed by atoms with E-state index in [1.165, 1.54) is 0 Å². The largest absolute Gasteiger partial charge is 2.00 e. The van der Waals surface area contributed by atoms with Gasteiger partial charge in [0.25, 0.3) is 0 Å². The Morgan fingerprint density at radius 3 is 1.58 bits per heavy atom. The fraction of sp³-hybridized carbons (Fsp3) is 0.900. The third kappa shape index (κ3) is 16.5. The van der Waals surface area contributed by atoms with Crippen LogP contribution in [0.3, 0.4) is 0 Å². The maximum absolute atomic E-state index is 8.33. The van der Waals surface area contributed by atoms with E-state index in [0.717, 1.165) is 12.5 Å². The van der Waals surface area contributed by atoms with Gasteiger partial charge in [0.2, 0.25) is 0 Å². The first-order chi connectivity index (χ1) is 8.47. The van der Waals surface area contributed by atoms with Crippen molar-refractivity contribution in [2.75, 3.05) is 26.4 Å². The van der Waals surface area contributed by atoms with E-state index in [1.807, 2.05) is 20.8 Å². The van der Waals surface area contributed by atoms with Crippen molar-refractivity contribution in [1.82, 2.24) is 0 Å². The van der Waals surface area contributed by atoms with Gasteiger partial charge in [-0.15, -0.1) is 0 Å². The van der Waals surface area contributed by atoms with Gasteiger partial charge in [0.05, 0.1) is 0 Å². The zero-order chi connectivity index (χ0) is 14.4. The van der Waals surface area contributed by atoms with Gasteiger partial charge in [0, 0.05) is 25.9 Å². The van der Waals surface area contributed by atoms with E-state index in [0.29, 0.717) is 26.4 Å². The molecular weight excluding hydrogens is 298 g/mol. The molecule has 0 saturated carbocycles. The zero-order valence-corrected chi connectivity index (χ0v) is 15.2. The molecule has 0 amide bonds. The number of nitrogens with two attached hydrogens (primary N) is 1. The number of rotatable bonds is 9. The molecule has 0 aromatic heterocycles. The molecule has 19 heavy (non-hydrogen) atoms. The first-order valence-electron chi connectivity index (χ1n) is 5.97. The summed E-state index contributed by atoms with van der Waals surface area (Å²) in [7, 11) is -2.40. The van der Waals surface area contributed by atoms with Crippen molar-refractivity contribution in [3.05, 3.63) is 0 Å². The molecule has 0 aliphatic carbocycles. The van der Waals surface area contributed by atoms with E-state index in [2.05, 4.69) is 0 Å². The summed E-state index contributed by atoms with van der Waals surface area (Å²) in [5.74, 6) is 0. The van der Waals surface area contributed by atoms with Crippen molar-refractivity contribution in [1.29, 1.82) is 0 Å². The van der Waals surface area contributed by atoms with Gasteiger partial charge >= 0.3 is 46.5 Å². The fourth-order valence-electron chi connectivity index (χ4n) is 1.32. The van der Waals surface area contributed by atoms with Crippen molar-refractivity contribution in [2.24, 2.45) is 5.73 Å². The van der Waals surface area contributed by atoms with E-state index in [9.17, 15) is 0 Å². The van der Waals surface area contributed by atoms with Gasteiger partial charge in [0.15, 0.2) is 0 Å². The van der Waals surface area contributed by atoms with Crippen LogP contribution in [0, 0.1) is 0 Å². The van der Waals surface area contributed by atoms with Crippen LogP contribution in [0.2, 0.25) is 6.04 Å². The Morgan fingerprint density at radius 2 is 1.37 bits per heavy atom. The molecule has 0 aromatic rings. The van der Waals surface area contributed by atoms with Gasteiger partial charge in [-0.25, -0.2) is 0 Å². The van der Waals surface area contributed by atoms with Gasteiger partial charge < -0.3 is 34.0 Å². The molecule has 2 N–H and O–H groups in total. The first kappa shape index (κ1) is 24.6. The molecular formula is C10H23CaNO6Si. The van der Waals surface area contributed by atoms with E-state index in [1.54, 1.807) is 0 Å². The van der Waals surface area contributed by atoms with Crippen LogP contribution in [0.25, 0.3) is 0 Å². The number of carbonyl (C=O) groups excluding carboxylic acids is 1. The van der Waals surface area contributed by atoms with Gasteiger partial charge in [0.1, 0.15) is 0 Å². The smallest absolute Gasteiger partial charge is 0.652 e. The molecule has 110 valence electrons. The van der Waals surface area contributed by atoms with Crippen molar-refractivity contribution in [3.63, 3.8) is 0 Å². The molecule has 0 aliphatic heterocycles. The van der Waals surface area contributed by atoms with Crippen LogP contribution >= 0.6 is 0 Å². The molecule has 9 heteroatoms. The SMILES string of the molecule is CCO[Si](CCCN)(OCC)OCC.O=C([O-])[O-].[Ca+2]. The molecule has 0 rings (SSSR count). The second kappa shape index (κ2) is 16.6. The molecule has 0 bridgehead atoms. The minimum atomic E-state index is -2.40. The molecule has 0 aliphatic rings. The summed E-state index contributed by atoms with van der Waals surface area (Å²) in [6.07, 6.45) is -1.44. The van der Waals surface area contributed by atoms with Gasteiger partial charge in [-0.3, -0.25) is 0 Å². The van der Waals surface area contributed by atoms with Gasteiger partial charge in [-0.05, 0) is 39.9 Å². The third-order valence-electron chi connectivity index (χ3n) is 1.78. The maximum Gasteiger partial charge on any atom is 2.00 e. The van der Waals surface area contributed by atoms with Crippen LogP contribution in [0.15, 0.2) is 0 Å². The van der Waals surface area contributed by atoms with E-state index in [4.69, 9.17) is 34.0 Å². The van der Waals surface area contributed by atoms with Crippen LogP contribution < -0.4 is 15.9 Å². The molecule has 0 heterocycles. The predicted octanol–water partition coefficient (Wildman–Crippen LogP) is -1.44. The summed E-state index contributed by atoms with van der Waals surface area (Å²) < 4.78 is 17.0. The summed E-state index contributed by atoms with van der Waals surface area (Å²) in [4.78, 5) is 8.33. The fourth-order valence-corrected chi connectivity index (χ4v) is 3.96. The summed E-state index contributed by atoms with van der Waals surface area (Å²) in [6.45, 7) is 8.44. The number of hydrogen-bond donors (Lipinski definition) is 1. The second-order valence-electron chi connectivity index (χ2n) is 3.12. The van der Waals surface area contributed by atoms with Crippen molar-refractivity contribution in [3.8, 4) is 0 Å². The van der Waals surface area contributed by atoms with Crippen LogP contribution in [0.1, 0.15) is 27.2 Å². The van der Waals surface area contributed by atoms with Gasteiger partial charge in [-0.2, -0.15) is 0 Å². The Kier molecular flexibility index (Phi) is 21.5. The Labute approximate surface area is 145 Å². The first-order valence-corrected chi connectivity index (χ1v) is 7.91. The standard InChI is InChI=1S/C9H23NO3Si.CH2O3.Ca/c1-4-11-14(12-5-2,13-6-3)9-7-8-10;2-1(3)4;/h4-10H2,1-3H3;(H2,2,3,4);/q;;+2/p-2. The Balaban J connectivity index is -0.000000448. The van der Waals surface area contributed by atoms with Crippen LogP contribution in [-0.2, 0) is 13.3 Å². The molecule has 0 radical (unpaired) electrons. The molecule has 7 nitrogen and oxygen atoms in total. The molecule has 0 unspecified atom stereocenters. The number of carbonyl (C=O) groups is 1. The Hall–Kier alpha value is 0.587. The van der Waals surface area contributed by atoms with Crippen LogP contribution in [0.5, 0.6) is 0 Å². The average molecular weight is 321 g/mol. The second-order valence-corrected chi connectivity index (χ2v) is 5.86. The summed E-state index contributed by atoms with van der Waals surface area (Å²) >= 11 is 0. The normalized spacial score (nSPS) is 10.1. The predicted molar refractivity (Wildman–Crippen MR) is 70.3 cm³/mol. The maximum atomic E-state index is 8.33. The molecule has 0 aromatic carbocycles. The summed E-state index contributed by atoms with van der Waals surface area (Å²) in [5.41, 5.74) is 5.48. The minimum absolute atomic E-state index is 0. The number of hydrogen-bond acceptors (Lipinski definition) is 7. The van der Waals surface area contributed by atoms with E-state index >= 15 is 0 Å². The minimum Gasteiger partial charge on any atom is -0.652 e. The number of carboxylic acid groups (broad SMARTS) is 2.